The van der Waals surface area contributed by atoms with E-state index in [2.05, 4.69) is 15.7 Å². The molecule has 2 N–H and O–H groups in total. The van der Waals surface area contributed by atoms with Crippen molar-refractivity contribution >= 4 is 34.4 Å². The maximum atomic E-state index is 13.3. The van der Waals surface area contributed by atoms with Gasteiger partial charge in [0.25, 0.3) is 0 Å². The number of nitrogens with zero attached hydrogens (tertiary/aromatic N) is 3. The highest BCUT2D eigenvalue weighted by Crippen LogP contribution is 2.30. The summed E-state index contributed by atoms with van der Waals surface area (Å²) in [6, 6.07) is 18.4. The average molecular weight is 465 g/mol. The number of hydrogen-bond donors (Lipinski definition) is 2. The number of carbonyl (C=O) groups is 1. The summed E-state index contributed by atoms with van der Waals surface area (Å²) < 4.78 is 5.18. The second kappa shape index (κ2) is 10.0. The van der Waals surface area contributed by atoms with E-state index in [0.717, 1.165) is 28.4 Å². The number of ketones is 1. The number of halogens is 1. The molecule has 0 spiro atoms. The first kappa shape index (κ1) is 22.8. The number of anilines is 3. The van der Waals surface area contributed by atoms with E-state index in [1.165, 1.54) is 0 Å². The Kier molecular flexibility index (Phi) is 6.91. The van der Waals surface area contributed by atoms with E-state index < -0.39 is 0 Å². The molecule has 0 amide bonds. The molecule has 0 bridgehead atoms. The zero-order chi connectivity index (χ0) is 23.4. The van der Waals surface area contributed by atoms with Crippen molar-refractivity contribution in [2.45, 2.75) is 19.4 Å². The second-order valence-corrected chi connectivity index (χ2v) is 8.24. The topological polar surface area (TPSA) is 86.5 Å². The summed E-state index contributed by atoms with van der Waals surface area (Å²) in [6.07, 6.45) is 0.560. The van der Waals surface area contributed by atoms with Crippen LogP contribution in [-0.2, 0) is 0 Å². The summed E-state index contributed by atoms with van der Waals surface area (Å²) in [5.41, 5.74) is 4.28. The Morgan fingerprint density at radius 3 is 2.58 bits per heavy atom. The molecule has 0 saturated heterocycles. The summed E-state index contributed by atoms with van der Waals surface area (Å²) in [5, 5.41) is 22.9. The Labute approximate surface area is 197 Å². The number of aliphatic hydroxyl groups is 1. The fraction of sp³-hybridized carbons (Fsp3) is 0.240. The highest BCUT2D eigenvalue weighted by atomic mass is 35.5. The molecule has 0 saturated carbocycles. The van der Waals surface area contributed by atoms with Crippen molar-refractivity contribution in [3.8, 4) is 5.75 Å². The molecule has 1 atom stereocenters. The smallest absolute Gasteiger partial charge is 0.194 e. The van der Waals surface area contributed by atoms with Crippen LogP contribution in [0.2, 0.25) is 5.02 Å². The Balaban J connectivity index is 1.53. The third-order valence-electron chi connectivity index (χ3n) is 5.53. The number of aliphatic hydroxyl groups excluding tert-OH is 1. The van der Waals surface area contributed by atoms with Crippen LogP contribution in [0.15, 0.2) is 71.0 Å². The molecule has 33 heavy (non-hydrogen) atoms. The summed E-state index contributed by atoms with van der Waals surface area (Å²) in [6.45, 7) is 2.53. The molecule has 7 nitrogen and oxygen atoms in total. The van der Waals surface area contributed by atoms with Gasteiger partial charge in [-0.15, -0.1) is 0 Å². The molecule has 3 aromatic carbocycles. The standard InChI is InChI=1S/C25H25ClN4O3/c1-16-3-7-20(30-15-19(11-12-31)28-29-30)14-23(16)25(32)22-10-6-18(13-24(22)26)27-17-4-8-21(33-2)9-5-17/h3-10,13-14,19,27,31H,11-12,15H2,1-2H3. The zero-order valence-electron chi connectivity index (χ0n) is 18.5. The lowest BCUT2D eigenvalue weighted by atomic mass is 9.98. The van der Waals surface area contributed by atoms with E-state index >= 15 is 0 Å². The molecule has 4 rings (SSSR count). The van der Waals surface area contributed by atoms with Crippen LogP contribution in [0.1, 0.15) is 27.9 Å². The predicted molar refractivity (Wildman–Crippen MR) is 130 cm³/mol. The van der Waals surface area contributed by atoms with E-state index in [1.54, 1.807) is 24.3 Å². The highest BCUT2D eigenvalue weighted by Gasteiger charge is 2.22. The first-order valence-electron chi connectivity index (χ1n) is 10.6. The van der Waals surface area contributed by atoms with Gasteiger partial charge in [0.05, 0.1) is 30.4 Å². The van der Waals surface area contributed by atoms with Crippen molar-refractivity contribution < 1.29 is 14.6 Å². The maximum absolute atomic E-state index is 13.3. The van der Waals surface area contributed by atoms with E-state index in [9.17, 15) is 4.79 Å². The molecule has 1 heterocycles. The fourth-order valence-corrected chi connectivity index (χ4v) is 3.91. The zero-order valence-corrected chi connectivity index (χ0v) is 19.2. The normalized spacial score (nSPS) is 15.0. The number of methoxy groups -OCH3 is 1. The molecule has 0 radical (unpaired) electrons. The van der Waals surface area contributed by atoms with E-state index in [0.29, 0.717) is 29.1 Å². The number of carbonyl (C=O) groups excluding carboxylic acids is 1. The van der Waals surface area contributed by atoms with Crippen molar-refractivity contribution in [1.29, 1.82) is 0 Å². The molecule has 0 aromatic heterocycles. The lowest BCUT2D eigenvalue weighted by molar-refractivity contribution is 0.103. The second-order valence-electron chi connectivity index (χ2n) is 7.83. The molecule has 3 aromatic rings. The lowest BCUT2D eigenvalue weighted by Gasteiger charge is -2.16. The van der Waals surface area contributed by atoms with Gasteiger partial charge in [-0.3, -0.25) is 4.79 Å². The molecule has 170 valence electrons. The number of hydrogen-bond acceptors (Lipinski definition) is 7. The van der Waals surface area contributed by atoms with Gasteiger partial charge in [0.2, 0.25) is 0 Å². The quantitative estimate of drug-likeness (QED) is 0.425. The summed E-state index contributed by atoms with van der Waals surface area (Å²) in [7, 11) is 1.62. The van der Waals surface area contributed by atoms with Crippen LogP contribution in [-0.4, -0.2) is 37.2 Å². The van der Waals surface area contributed by atoms with Crippen molar-refractivity contribution in [3.05, 3.63) is 82.4 Å². The summed E-state index contributed by atoms with van der Waals surface area (Å²) >= 11 is 6.51. The molecule has 8 heteroatoms. The third kappa shape index (κ3) is 5.16. The van der Waals surface area contributed by atoms with E-state index in [1.807, 2.05) is 55.5 Å². The first-order chi connectivity index (χ1) is 16.0. The van der Waals surface area contributed by atoms with Gasteiger partial charge in [0, 0.05) is 29.1 Å². The number of ether oxygens (including phenoxy) is 1. The van der Waals surface area contributed by atoms with Crippen LogP contribution >= 0.6 is 11.6 Å². The Morgan fingerprint density at radius 2 is 1.88 bits per heavy atom. The minimum Gasteiger partial charge on any atom is -0.497 e. The fourth-order valence-electron chi connectivity index (χ4n) is 3.64. The van der Waals surface area contributed by atoms with Crippen LogP contribution in [0.3, 0.4) is 0 Å². The van der Waals surface area contributed by atoms with Gasteiger partial charge in [-0.05, 0) is 73.5 Å². The maximum Gasteiger partial charge on any atom is 0.194 e. The van der Waals surface area contributed by atoms with Crippen LogP contribution in [0.25, 0.3) is 0 Å². The highest BCUT2D eigenvalue weighted by molar-refractivity contribution is 6.35. The molecule has 0 fully saturated rings. The molecule has 1 aliphatic rings. The van der Waals surface area contributed by atoms with Gasteiger partial charge in [-0.1, -0.05) is 22.9 Å². The van der Waals surface area contributed by atoms with E-state index in [4.69, 9.17) is 21.4 Å². The molecule has 1 aliphatic heterocycles. The lowest BCUT2D eigenvalue weighted by Crippen LogP contribution is -2.21. The van der Waals surface area contributed by atoms with Gasteiger partial charge in [0.15, 0.2) is 5.78 Å². The largest absolute Gasteiger partial charge is 0.497 e. The van der Waals surface area contributed by atoms with Crippen molar-refractivity contribution in [2.24, 2.45) is 10.3 Å². The summed E-state index contributed by atoms with van der Waals surface area (Å²) in [4.78, 5) is 13.3. The molecule has 0 aliphatic carbocycles. The van der Waals surface area contributed by atoms with Gasteiger partial charge < -0.3 is 15.2 Å². The predicted octanol–water partition coefficient (Wildman–Crippen LogP) is 5.57. The molecular weight excluding hydrogens is 440 g/mol. The Hall–Kier alpha value is -3.42. The summed E-state index contributed by atoms with van der Waals surface area (Å²) in [5.74, 6) is 0.620. The van der Waals surface area contributed by atoms with E-state index in [-0.39, 0.29) is 18.4 Å². The monoisotopic (exact) mass is 464 g/mol. The van der Waals surface area contributed by atoms with Crippen LogP contribution in [0.5, 0.6) is 5.75 Å². The minimum absolute atomic E-state index is 0.0457. The number of rotatable bonds is 8. The van der Waals surface area contributed by atoms with Gasteiger partial charge in [-0.2, -0.15) is 5.11 Å². The third-order valence-corrected chi connectivity index (χ3v) is 5.84. The first-order valence-corrected chi connectivity index (χ1v) is 11.0. The van der Waals surface area contributed by atoms with Gasteiger partial charge in [-0.25, -0.2) is 5.01 Å². The van der Waals surface area contributed by atoms with Crippen molar-refractivity contribution in [3.63, 3.8) is 0 Å². The van der Waals surface area contributed by atoms with Gasteiger partial charge >= 0.3 is 0 Å². The number of aryl methyl sites for hydroxylation is 1. The van der Waals surface area contributed by atoms with Gasteiger partial charge in [0.1, 0.15) is 5.75 Å². The van der Waals surface area contributed by atoms with Crippen LogP contribution in [0.4, 0.5) is 17.1 Å². The van der Waals surface area contributed by atoms with Crippen LogP contribution < -0.4 is 15.1 Å². The Morgan fingerprint density at radius 1 is 1.12 bits per heavy atom. The van der Waals surface area contributed by atoms with Crippen LogP contribution in [0, 0.1) is 6.92 Å². The number of benzene rings is 3. The Bertz CT molecular complexity index is 1180. The molecular formula is C25H25ClN4O3. The minimum atomic E-state index is -0.154. The average Bonchev–Trinajstić information content (AvgIpc) is 3.28. The molecule has 1 unspecified atom stereocenters. The SMILES string of the molecule is COc1ccc(Nc2ccc(C(=O)c3cc(N4CC(CCO)N=N4)ccc3C)c(Cl)c2)cc1. The van der Waals surface area contributed by atoms with Crippen molar-refractivity contribution in [2.75, 3.05) is 30.6 Å². The number of nitrogens with one attached hydrogen (secondary N) is 1. The van der Waals surface area contributed by atoms with Crippen molar-refractivity contribution in [1.82, 2.24) is 0 Å².